The second-order valence-electron chi connectivity index (χ2n) is 4.07. The van der Waals surface area contributed by atoms with Crippen LogP contribution in [0.15, 0.2) is 39.4 Å². The van der Waals surface area contributed by atoms with Crippen LogP contribution >= 0.6 is 55.1 Å². The van der Waals surface area contributed by atoms with Crippen molar-refractivity contribution in [1.29, 1.82) is 0 Å². The van der Waals surface area contributed by atoms with Crippen molar-refractivity contribution >= 4 is 55.1 Å². The second-order valence-corrected chi connectivity index (χ2v) is 6.68. The number of pyridine rings is 1. The van der Waals surface area contributed by atoms with E-state index in [-0.39, 0.29) is 6.04 Å². The van der Waals surface area contributed by atoms with Gasteiger partial charge in [0, 0.05) is 25.2 Å². The third-order valence-electron chi connectivity index (χ3n) is 2.64. The van der Waals surface area contributed by atoms with E-state index in [1.807, 2.05) is 12.1 Å². The molecule has 2 nitrogen and oxygen atoms in total. The predicted octanol–water partition coefficient (Wildman–Crippen LogP) is 5.16. The number of rotatable bonds is 3. The Bertz CT molecular complexity index is 605. The van der Waals surface area contributed by atoms with E-state index in [0.29, 0.717) is 16.5 Å². The van der Waals surface area contributed by atoms with Crippen molar-refractivity contribution in [3.05, 3.63) is 60.7 Å². The van der Waals surface area contributed by atoms with Crippen molar-refractivity contribution in [2.45, 2.75) is 12.5 Å². The van der Waals surface area contributed by atoms with Crippen LogP contribution in [0.4, 0.5) is 0 Å². The maximum absolute atomic E-state index is 6.19. The highest BCUT2D eigenvalue weighted by atomic mass is 79.9. The summed E-state index contributed by atoms with van der Waals surface area (Å²) in [6.45, 7) is 0. The highest BCUT2D eigenvalue weighted by Crippen LogP contribution is 2.28. The topological polar surface area (TPSA) is 38.9 Å². The Morgan fingerprint density at radius 3 is 2.63 bits per heavy atom. The highest BCUT2D eigenvalue weighted by molar-refractivity contribution is 9.11. The van der Waals surface area contributed by atoms with E-state index in [1.165, 1.54) is 0 Å². The minimum atomic E-state index is -0.251. The monoisotopic (exact) mass is 422 g/mol. The van der Waals surface area contributed by atoms with Crippen molar-refractivity contribution in [2.24, 2.45) is 5.73 Å². The summed E-state index contributed by atoms with van der Waals surface area (Å²) in [5.41, 5.74) is 7.89. The standard InChI is InChI=1S/C13H10Br2Cl2N2/c14-8-5-10(15)13(19-6-8)12(18)4-7-3-9(16)1-2-11(7)17/h1-3,5-6,12H,4,18H2. The van der Waals surface area contributed by atoms with Crippen molar-refractivity contribution in [3.63, 3.8) is 0 Å². The zero-order chi connectivity index (χ0) is 14.0. The zero-order valence-electron chi connectivity index (χ0n) is 9.71. The quantitative estimate of drug-likeness (QED) is 0.739. The Labute approximate surface area is 138 Å². The van der Waals surface area contributed by atoms with Gasteiger partial charge in [0.25, 0.3) is 0 Å². The van der Waals surface area contributed by atoms with Gasteiger partial charge < -0.3 is 5.73 Å². The van der Waals surface area contributed by atoms with Crippen LogP contribution in [0.3, 0.4) is 0 Å². The maximum atomic E-state index is 6.19. The first-order valence-electron chi connectivity index (χ1n) is 5.48. The molecule has 2 rings (SSSR count). The molecule has 0 fully saturated rings. The molecule has 1 aromatic heterocycles. The molecule has 1 heterocycles. The van der Waals surface area contributed by atoms with E-state index < -0.39 is 0 Å². The fourth-order valence-corrected chi connectivity index (χ4v) is 3.40. The van der Waals surface area contributed by atoms with Gasteiger partial charge in [0.2, 0.25) is 0 Å². The SMILES string of the molecule is NC(Cc1cc(Cl)ccc1Cl)c1ncc(Br)cc1Br. The van der Waals surface area contributed by atoms with Gasteiger partial charge in [-0.05, 0) is 68.1 Å². The largest absolute Gasteiger partial charge is 0.322 e. The average molecular weight is 425 g/mol. The van der Waals surface area contributed by atoms with Gasteiger partial charge in [-0.25, -0.2) is 0 Å². The molecule has 0 spiro atoms. The summed E-state index contributed by atoms with van der Waals surface area (Å²) < 4.78 is 1.77. The van der Waals surface area contributed by atoms with Crippen LogP contribution in [0.25, 0.3) is 0 Å². The fraction of sp³-hybridized carbons (Fsp3) is 0.154. The van der Waals surface area contributed by atoms with Gasteiger partial charge in [0.15, 0.2) is 0 Å². The van der Waals surface area contributed by atoms with Gasteiger partial charge in [0.1, 0.15) is 0 Å². The molecule has 100 valence electrons. The highest BCUT2D eigenvalue weighted by Gasteiger charge is 2.14. The van der Waals surface area contributed by atoms with Gasteiger partial charge in [-0.1, -0.05) is 23.2 Å². The number of nitrogens with zero attached hydrogens (tertiary/aromatic N) is 1. The number of halogens is 4. The van der Waals surface area contributed by atoms with Crippen molar-refractivity contribution in [3.8, 4) is 0 Å². The Morgan fingerprint density at radius 1 is 1.21 bits per heavy atom. The first-order chi connectivity index (χ1) is 8.97. The number of benzene rings is 1. The molecule has 0 saturated heterocycles. The minimum absolute atomic E-state index is 0.251. The van der Waals surface area contributed by atoms with E-state index in [2.05, 4.69) is 36.8 Å². The molecule has 0 aliphatic carbocycles. The summed E-state index contributed by atoms with van der Waals surface area (Å²) in [4.78, 5) is 4.33. The first kappa shape index (κ1) is 15.3. The molecule has 0 amide bonds. The van der Waals surface area contributed by atoms with Gasteiger partial charge in [-0.3, -0.25) is 4.98 Å². The summed E-state index contributed by atoms with van der Waals surface area (Å²) in [5.74, 6) is 0. The van der Waals surface area contributed by atoms with Crippen LogP contribution in [0.2, 0.25) is 10.0 Å². The van der Waals surface area contributed by atoms with Gasteiger partial charge in [-0.2, -0.15) is 0 Å². The van der Waals surface area contributed by atoms with Crippen LogP contribution in [-0.2, 0) is 6.42 Å². The molecule has 1 aromatic carbocycles. The maximum Gasteiger partial charge on any atom is 0.0716 e. The molecule has 2 aromatic rings. The van der Waals surface area contributed by atoms with Crippen LogP contribution in [0.1, 0.15) is 17.3 Å². The van der Waals surface area contributed by atoms with E-state index in [4.69, 9.17) is 28.9 Å². The van der Waals surface area contributed by atoms with Gasteiger partial charge >= 0.3 is 0 Å². The lowest BCUT2D eigenvalue weighted by Gasteiger charge is -2.14. The Hall–Kier alpha value is -0.130. The molecule has 0 bridgehead atoms. The van der Waals surface area contributed by atoms with Gasteiger partial charge in [-0.15, -0.1) is 0 Å². The first-order valence-corrected chi connectivity index (χ1v) is 7.82. The molecule has 0 radical (unpaired) electrons. The number of nitrogens with two attached hydrogens (primary N) is 1. The molecule has 0 saturated carbocycles. The molecule has 1 unspecified atom stereocenters. The summed E-state index contributed by atoms with van der Waals surface area (Å²) in [6, 6.07) is 7.03. The number of hydrogen-bond donors (Lipinski definition) is 1. The lowest BCUT2D eigenvalue weighted by molar-refractivity contribution is 0.692. The normalized spacial score (nSPS) is 12.5. The van der Waals surface area contributed by atoms with Crippen LogP contribution in [-0.4, -0.2) is 4.98 Å². The Kier molecular flexibility index (Phi) is 5.26. The summed E-state index contributed by atoms with van der Waals surface area (Å²) in [5, 5.41) is 1.31. The van der Waals surface area contributed by atoms with Crippen LogP contribution in [0, 0.1) is 0 Å². The van der Waals surface area contributed by atoms with E-state index in [1.54, 1.807) is 18.3 Å². The summed E-state index contributed by atoms with van der Waals surface area (Å²) in [7, 11) is 0. The van der Waals surface area contributed by atoms with E-state index in [0.717, 1.165) is 20.2 Å². The predicted molar refractivity (Wildman–Crippen MR) is 86.7 cm³/mol. The fourth-order valence-electron chi connectivity index (χ4n) is 1.73. The second kappa shape index (κ2) is 6.55. The molecule has 0 aliphatic heterocycles. The van der Waals surface area contributed by atoms with Crippen molar-refractivity contribution < 1.29 is 0 Å². The Morgan fingerprint density at radius 2 is 1.95 bits per heavy atom. The summed E-state index contributed by atoms with van der Waals surface area (Å²) in [6.07, 6.45) is 2.30. The minimum Gasteiger partial charge on any atom is -0.322 e. The van der Waals surface area contributed by atoms with Gasteiger partial charge in [0.05, 0.1) is 11.7 Å². The lowest BCUT2D eigenvalue weighted by Crippen LogP contribution is -2.15. The number of hydrogen-bond acceptors (Lipinski definition) is 2. The molecular weight excluding hydrogens is 415 g/mol. The van der Waals surface area contributed by atoms with Crippen LogP contribution < -0.4 is 5.73 Å². The molecule has 1 atom stereocenters. The molecule has 6 heteroatoms. The lowest BCUT2D eigenvalue weighted by atomic mass is 10.0. The van der Waals surface area contributed by atoms with Crippen LogP contribution in [0.5, 0.6) is 0 Å². The molecule has 2 N–H and O–H groups in total. The Balaban J connectivity index is 2.25. The third-order valence-corrected chi connectivity index (χ3v) is 4.31. The van der Waals surface area contributed by atoms with E-state index in [9.17, 15) is 0 Å². The molecule has 0 aliphatic rings. The molecular formula is C13H10Br2Cl2N2. The van der Waals surface area contributed by atoms with Crippen molar-refractivity contribution in [2.75, 3.05) is 0 Å². The smallest absolute Gasteiger partial charge is 0.0716 e. The average Bonchev–Trinajstić information content (AvgIpc) is 2.33. The molecule has 19 heavy (non-hydrogen) atoms. The van der Waals surface area contributed by atoms with E-state index >= 15 is 0 Å². The zero-order valence-corrected chi connectivity index (χ0v) is 14.4. The third kappa shape index (κ3) is 3.92. The summed E-state index contributed by atoms with van der Waals surface area (Å²) >= 11 is 18.9. The van der Waals surface area contributed by atoms with Crippen molar-refractivity contribution in [1.82, 2.24) is 4.98 Å². The number of aromatic nitrogens is 1.